The molecule has 0 unspecified atom stereocenters. The van der Waals surface area contributed by atoms with Crippen molar-refractivity contribution in [2.24, 2.45) is 0 Å². The topological polar surface area (TPSA) is 49.9 Å². The van der Waals surface area contributed by atoms with Crippen molar-refractivity contribution in [1.29, 1.82) is 0 Å². The number of aryl methyl sites for hydroxylation is 1. The van der Waals surface area contributed by atoms with Crippen LogP contribution in [0.2, 0.25) is 0 Å². The molecule has 1 saturated heterocycles. The molecule has 0 atom stereocenters. The molecule has 0 aromatic heterocycles. The van der Waals surface area contributed by atoms with Crippen molar-refractivity contribution in [3.8, 4) is 0 Å². The minimum atomic E-state index is -0.251. The van der Waals surface area contributed by atoms with Gasteiger partial charge in [-0.25, -0.2) is 4.90 Å². The molecule has 1 fully saturated rings. The van der Waals surface area contributed by atoms with Crippen molar-refractivity contribution in [1.82, 2.24) is 0 Å². The maximum absolute atomic E-state index is 12.9. The summed E-state index contributed by atoms with van der Waals surface area (Å²) in [5.41, 5.74) is 3.43. The van der Waals surface area contributed by atoms with Crippen LogP contribution in [0.15, 0.2) is 42.5 Å². The quantitative estimate of drug-likeness (QED) is 0.798. The van der Waals surface area contributed by atoms with Gasteiger partial charge in [-0.3, -0.25) is 9.59 Å². The minimum Gasteiger partial charge on any atom is -0.378 e. The fraction of sp³-hybridized carbons (Fsp3) is 0.263. The molecule has 24 heavy (non-hydrogen) atoms. The molecule has 2 aliphatic rings. The number of ether oxygens (including phenoxy) is 1. The molecular weight excluding hydrogens is 304 g/mol. The van der Waals surface area contributed by atoms with Gasteiger partial charge in [0.2, 0.25) is 0 Å². The standard InChI is InChI=1S/C19H18N2O3/c1-13-11-15(20-7-9-24-10-8-20)12-16-17(13)19(23)21(18(16)22)14-5-3-2-4-6-14/h2-6,11-12H,7-10H2,1H3. The zero-order valence-corrected chi connectivity index (χ0v) is 13.5. The Hall–Kier alpha value is -2.66. The van der Waals surface area contributed by atoms with Crippen LogP contribution in [0.1, 0.15) is 26.3 Å². The molecule has 2 aliphatic heterocycles. The lowest BCUT2D eigenvalue weighted by molar-refractivity contribution is 0.0926. The molecule has 2 aromatic rings. The molecule has 0 spiro atoms. The number of anilines is 2. The maximum Gasteiger partial charge on any atom is 0.266 e. The highest BCUT2D eigenvalue weighted by Gasteiger charge is 2.38. The van der Waals surface area contributed by atoms with Crippen molar-refractivity contribution in [2.45, 2.75) is 6.92 Å². The van der Waals surface area contributed by atoms with E-state index in [2.05, 4.69) is 4.90 Å². The van der Waals surface area contributed by atoms with Crippen molar-refractivity contribution >= 4 is 23.2 Å². The second kappa shape index (κ2) is 5.76. The van der Waals surface area contributed by atoms with Gasteiger partial charge < -0.3 is 9.64 Å². The average molecular weight is 322 g/mol. The largest absolute Gasteiger partial charge is 0.378 e. The zero-order chi connectivity index (χ0) is 16.7. The number of benzene rings is 2. The van der Waals surface area contributed by atoms with Crippen LogP contribution in [-0.4, -0.2) is 38.1 Å². The Bertz CT molecular complexity index is 811. The minimum absolute atomic E-state index is 0.243. The number of rotatable bonds is 2. The molecule has 2 heterocycles. The van der Waals surface area contributed by atoms with Crippen LogP contribution in [0.3, 0.4) is 0 Å². The third kappa shape index (κ3) is 2.29. The second-order valence-electron chi connectivity index (χ2n) is 6.07. The molecule has 2 amide bonds. The SMILES string of the molecule is Cc1cc(N2CCOCC2)cc2c1C(=O)N(c1ccccc1)C2=O. The molecular formula is C19H18N2O3. The summed E-state index contributed by atoms with van der Waals surface area (Å²) in [6.07, 6.45) is 0. The highest BCUT2D eigenvalue weighted by molar-refractivity contribution is 6.35. The Morgan fingerprint density at radius 3 is 2.33 bits per heavy atom. The molecule has 5 heteroatoms. The number of carbonyl (C=O) groups is 2. The third-order valence-corrected chi connectivity index (χ3v) is 4.56. The molecule has 5 nitrogen and oxygen atoms in total. The third-order valence-electron chi connectivity index (χ3n) is 4.56. The van der Waals surface area contributed by atoms with E-state index in [0.717, 1.165) is 24.3 Å². The Morgan fingerprint density at radius 1 is 0.917 bits per heavy atom. The summed E-state index contributed by atoms with van der Waals surface area (Å²) >= 11 is 0. The summed E-state index contributed by atoms with van der Waals surface area (Å²) in [7, 11) is 0. The Morgan fingerprint density at radius 2 is 1.62 bits per heavy atom. The number of hydrogen-bond donors (Lipinski definition) is 0. The molecule has 0 saturated carbocycles. The predicted octanol–water partition coefficient (Wildman–Crippen LogP) is 2.63. The van der Waals surface area contributed by atoms with Crippen LogP contribution in [0.5, 0.6) is 0 Å². The Labute approximate surface area is 140 Å². The first-order valence-electron chi connectivity index (χ1n) is 8.08. The summed E-state index contributed by atoms with van der Waals surface area (Å²) < 4.78 is 5.39. The number of hydrogen-bond acceptors (Lipinski definition) is 4. The van der Waals surface area contributed by atoms with Crippen LogP contribution in [0, 0.1) is 6.92 Å². The van der Waals surface area contributed by atoms with E-state index in [4.69, 9.17) is 4.74 Å². The molecule has 2 aromatic carbocycles. The summed E-state index contributed by atoms with van der Waals surface area (Å²) in [5.74, 6) is -0.494. The second-order valence-corrected chi connectivity index (χ2v) is 6.07. The van der Waals surface area contributed by atoms with Crippen LogP contribution in [0.25, 0.3) is 0 Å². The van der Waals surface area contributed by atoms with Gasteiger partial charge in [0.1, 0.15) is 0 Å². The van der Waals surface area contributed by atoms with Crippen LogP contribution < -0.4 is 9.80 Å². The van der Waals surface area contributed by atoms with E-state index in [9.17, 15) is 9.59 Å². The van der Waals surface area contributed by atoms with Gasteiger partial charge in [0.05, 0.1) is 30.0 Å². The Balaban J connectivity index is 1.76. The number of fused-ring (bicyclic) bond motifs is 1. The van der Waals surface area contributed by atoms with E-state index >= 15 is 0 Å². The molecule has 0 radical (unpaired) electrons. The number of nitrogens with zero attached hydrogens (tertiary/aromatic N) is 2. The number of imide groups is 1. The van der Waals surface area contributed by atoms with Gasteiger partial charge in [0.15, 0.2) is 0 Å². The smallest absolute Gasteiger partial charge is 0.266 e. The van der Waals surface area contributed by atoms with Crippen molar-refractivity contribution in [3.05, 3.63) is 59.2 Å². The fourth-order valence-electron chi connectivity index (χ4n) is 3.36. The van der Waals surface area contributed by atoms with E-state index in [-0.39, 0.29) is 11.8 Å². The van der Waals surface area contributed by atoms with Gasteiger partial charge in [0.25, 0.3) is 11.8 Å². The lowest BCUT2D eigenvalue weighted by Gasteiger charge is -2.29. The maximum atomic E-state index is 12.9. The van der Waals surface area contributed by atoms with E-state index in [1.165, 1.54) is 4.90 Å². The summed E-state index contributed by atoms with van der Waals surface area (Å²) in [5, 5.41) is 0. The first kappa shape index (κ1) is 14.9. The van der Waals surface area contributed by atoms with Crippen molar-refractivity contribution in [2.75, 3.05) is 36.1 Å². The first-order valence-corrected chi connectivity index (χ1v) is 8.08. The number of amides is 2. The monoisotopic (exact) mass is 322 g/mol. The van der Waals surface area contributed by atoms with E-state index in [1.807, 2.05) is 37.3 Å². The molecule has 0 bridgehead atoms. The van der Waals surface area contributed by atoms with E-state index < -0.39 is 0 Å². The summed E-state index contributed by atoms with van der Waals surface area (Å²) in [6.45, 7) is 4.84. The highest BCUT2D eigenvalue weighted by Crippen LogP contribution is 2.33. The average Bonchev–Trinajstić information content (AvgIpc) is 2.87. The summed E-state index contributed by atoms with van der Waals surface area (Å²) in [4.78, 5) is 29.1. The molecule has 4 rings (SSSR count). The summed E-state index contributed by atoms with van der Waals surface area (Å²) in [6, 6.07) is 12.9. The van der Waals surface area contributed by atoms with Gasteiger partial charge in [-0.15, -0.1) is 0 Å². The number of morpholine rings is 1. The Kier molecular flexibility index (Phi) is 3.58. The van der Waals surface area contributed by atoms with Crippen molar-refractivity contribution in [3.63, 3.8) is 0 Å². The van der Waals surface area contributed by atoms with Gasteiger partial charge >= 0.3 is 0 Å². The number of carbonyl (C=O) groups excluding carboxylic acids is 2. The molecule has 122 valence electrons. The van der Waals surface area contributed by atoms with Crippen LogP contribution in [0.4, 0.5) is 11.4 Å². The van der Waals surface area contributed by atoms with Gasteiger partial charge in [0, 0.05) is 18.8 Å². The van der Waals surface area contributed by atoms with Gasteiger partial charge in [-0.05, 0) is 36.8 Å². The number of para-hydroxylation sites is 1. The van der Waals surface area contributed by atoms with E-state index in [1.54, 1.807) is 12.1 Å². The van der Waals surface area contributed by atoms with Gasteiger partial charge in [-0.1, -0.05) is 18.2 Å². The van der Waals surface area contributed by atoms with Crippen LogP contribution in [-0.2, 0) is 4.74 Å². The fourth-order valence-corrected chi connectivity index (χ4v) is 3.36. The van der Waals surface area contributed by atoms with Crippen LogP contribution >= 0.6 is 0 Å². The molecule has 0 N–H and O–H groups in total. The first-order chi connectivity index (χ1) is 11.7. The molecule has 0 aliphatic carbocycles. The normalized spacial score (nSPS) is 17.4. The van der Waals surface area contributed by atoms with E-state index in [0.29, 0.717) is 30.0 Å². The van der Waals surface area contributed by atoms with Crippen molar-refractivity contribution < 1.29 is 14.3 Å². The predicted molar refractivity (Wildman–Crippen MR) is 91.8 cm³/mol. The highest BCUT2D eigenvalue weighted by atomic mass is 16.5. The zero-order valence-electron chi connectivity index (χ0n) is 13.5. The van der Waals surface area contributed by atoms with Gasteiger partial charge in [-0.2, -0.15) is 0 Å². The lowest BCUT2D eigenvalue weighted by Crippen LogP contribution is -2.36. The lowest BCUT2D eigenvalue weighted by atomic mass is 10.0.